The number of nitrogens with zero attached hydrogens (tertiary/aromatic N) is 6. The third kappa shape index (κ3) is 3.89. The molecule has 2 atom stereocenters. The maximum absolute atomic E-state index is 9.71. The first-order chi connectivity index (χ1) is 13.8. The van der Waals surface area contributed by atoms with Gasteiger partial charge >= 0.3 is 0 Å². The van der Waals surface area contributed by atoms with Crippen molar-refractivity contribution in [1.82, 2.24) is 29.8 Å². The van der Waals surface area contributed by atoms with Crippen molar-refractivity contribution in [3.63, 3.8) is 0 Å². The molecule has 0 aliphatic heterocycles. The molecule has 148 valence electrons. The average Bonchev–Trinajstić information content (AvgIpc) is 3.16. The van der Waals surface area contributed by atoms with E-state index in [4.69, 9.17) is 4.98 Å². The lowest BCUT2D eigenvalue weighted by atomic mass is 9.85. The largest absolute Gasteiger partial charge is 0.396 e. The SMILES string of the molecule is CCc1cnn2c(NCc3ccnnc3)nc(NC3CCCCC3CO)nc12. The van der Waals surface area contributed by atoms with Crippen LogP contribution in [0.4, 0.5) is 11.9 Å². The van der Waals surface area contributed by atoms with Crippen LogP contribution in [0.15, 0.2) is 24.7 Å². The number of hydrogen-bond donors (Lipinski definition) is 3. The molecule has 1 saturated carbocycles. The Bertz CT molecular complexity index is 913. The van der Waals surface area contributed by atoms with Crippen LogP contribution < -0.4 is 10.6 Å². The van der Waals surface area contributed by atoms with Crippen molar-refractivity contribution < 1.29 is 5.11 Å². The predicted octanol–water partition coefficient (Wildman–Crippen LogP) is 2.05. The second-order valence-corrected chi connectivity index (χ2v) is 7.21. The Kier molecular flexibility index (Phi) is 5.61. The minimum absolute atomic E-state index is 0.187. The molecule has 0 bridgehead atoms. The number of fused-ring (bicyclic) bond motifs is 1. The number of anilines is 2. The van der Waals surface area contributed by atoms with E-state index in [0.717, 1.165) is 42.5 Å². The summed E-state index contributed by atoms with van der Waals surface area (Å²) in [4.78, 5) is 9.39. The van der Waals surface area contributed by atoms with E-state index in [-0.39, 0.29) is 18.6 Å². The first-order valence-electron chi connectivity index (χ1n) is 9.90. The van der Waals surface area contributed by atoms with Gasteiger partial charge in [-0.3, -0.25) is 0 Å². The van der Waals surface area contributed by atoms with Crippen LogP contribution in [-0.4, -0.2) is 47.5 Å². The van der Waals surface area contributed by atoms with Crippen LogP contribution in [0.3, 0.4) is 0 Å². The number of aliphatic hydroxyl groups is 1. The second kappa shape index (κ2) is 8.47. The van der Waals surface area contributed by atoms with Gasteiger partial charge in [0.15, 0.2) is 5.65 Å². The summed E-state index contributed by atoms with van der Waals surface area (Å²) in [6.07, 6.45) is 10.4. The van der Waals surface area contributed by atoms with Crippen LogP contribution in [0, 0.1) is 5.92 Å². The fraction of sp³-hybridized carbons (Fsp3) is 0.526. The fourth-order valence-corrected chi connectivity index (χ4v) is 3.74. The zero-order valence-corrected chi connectivity index (χ0v) is 16.0. The van der Waals surface area contributed by atoms with Gasteiger partial charge in [0.05, 0.1) is 12.4 Å². The van der Waals surface area contributed by atoms with Gasteiger partial charge in [-0.2, -0.15) is 29.8 Å². The van der Waals surface area contributed by atoms with Crippen molar-refractivity contribution in [2.75, 3.05) is 17.2 Å². The molecule has 1 aliphatic rings. The smallest absolute Gasteiger partial charge is 0.229 e. The van der Waals surface area contributed by atoms with E-state index in [0.29, 0.717) is 18.4 Å². The first-order valence-corrected chi connectivity index (χ1v) is 9.90. The summed E-state index contributed by atoms with van der Waals surface area (Å²) in [6, 6.07) is 2.10. The summed E-state index contributed by atoms with van der Waals surface area (Å²) in [5, 5.41) is 28.7. The Labute approximate surface area is 163 Å². The molecule has 3 aromatic rings. The summed E-state index contributed by atoms with van der Waals surface area (Å²) in [6.45, 7) is 2.84. The number of aryl methyl sites for hydroxylation is 1. The third-order valence-corrected chi connectivity index (χ3v) is 5.38. The number of nitrogens with one attached hydrogen (secondary N) is 2. The van der Waals surface area contributed by atoms with Gasteiger partial charge in [-0.25, -0.2) is 0 Å². The molecule has 0 aromatic carbocycles. The molecule has 0 amide bonds. The average molecular weight is 382 g/mol. The third-order valence-electron chi connectivity index (χ3n) is 5.38. The van der Waals surface area contributed by atoms with Crippen molar-refractivity contribution >= 4 is 17.5 Å². The summed E-state index contributed by atoms with van der Waals surface area (Å²) in [5.74, 6) is 1.44. The summed E-state index contributed by atoms with van der Waals surface area (Å²) in [7, 11) is 0. The molecule has 28 heavy (non-hydrogen) atoms. The highest BCUT2D eigenvalue weighted by atomic mass is 16.3. The van der Waals surface area contributed by atoms with Gasteiger partial charge in [0.25, 0.3) is 0 Å². The van der Waals surface area contributed by atoms with Crippen LogP contribution in [0.1, 0.15) is 43.7 Å². The zero-order valence-electron chi connectivity index (χ0n) is 16.0. The quantitative estimate of drug-likeness (QED) is 0.569. The lowest BCUT2D eigenvalue weighted by Gasteiger charge is -2.30. The van der Waals surface area contributed by atoms with Gasteiger partial charge in [0.1, 0.15) is 0 Å². The molecular weight excluding hydrogens is 356 g/mol. The molecular formula is C19H26N8O. The molecule has 3 aromatic heterocycles. The highest BCUT2D eigenvalue weighted by molar-refractivity contribution is 5.54. The second-order valence-electron chi connectivity index (χ2n) is 7.21. The van der Waals surface area contributed by atoms with Gasteiger partial charge in [-0.1, -0.05) is 19.8 Å². The molecule has 1 fully saturated rings. The lowest BCUT2D eigenvalue weighted by Crippen LogP contribution is -2.35. The van der Waals surface area contributed by atoms with E-state index in [2.05, 4.69) is 37.8 Å². The molecule has 4 rings (SSSR count). The van der Waals surface area contributed by atoms with Gasteiger partial charge in [-0.15, -0.1) is 0 Å². The zero-order chi connectivity index (χ0) is 19.3. The van der Waals surface area contributed by atoms with E-state index in [1.165, 1.54) is 6.42 Å². The normalized spacial score (nSPS) is 19.6. The minimum Gasteiger partial charge on any atom is -0.396 e. The van der Waals surface area contributed by atoms with Crippen molar-refractivity contribution in [2.45, 2.75) is 51.6 Å². The molecule has 9 heteroatoms. The Hall–Kier alpha value is -2.81. The Morgan fingerprint density at radius 2 is 2.07 bits per heavy atom. The van der Waals surface area contributed by atoms with Crippen LogP contribution in [-0.2, 0) is 13.0 Å². The topological polar surface area (TPSA) is 113 Å². The van der Waals surface area contributed by atoms with Gasteiger partial charge < -0.3 is 15.7 Å². The Morgan fingerprint density at radius 3 is 2.86 bits per heavy atom. The number of aromatic nitrogens is 6. The van der Waals surface area contributed by atoms with Crippen LogP contribution >= 0.6 is 0 Å². The van der Waals surface area contributed by atoms with E-state index in [1.54, 1.807) is 16.9 Å². The molecule has 0 spiro atoms. The summed E-state index contributed by atoms with van der Waals surface area (Å²) in [5.41, 5.74) is 2.87. The molecule has 1 aliphatic carbocycles. The minimum atomic E-state index is 0.187. The summed E-state index contributed by atoms with van der Waals surface area (Å²) < 4.78 is 1.74. The number of hydrogen-bond acceptors (Lipinski definition) is 8. The van der Waals surface area contributed by atoms with E-state index >= 15 is 0 Å². The van der Waals surface area contributed by atoms with Crippen molar-refractivity contribution in [3.8, 4) is 0 Å². The lowest BCUT2D eigenvalue weighted by molar-refractivity contribution is 0.178. The maximum Gasteiger partial charge on any atom is 0.229 e. The van der Waals surface area contributed by atoms with Gasteiger partial charge in [-0.05, 0) is 30.9 Å². The van der Waals surface area contributed by atoms with Crippen LogP contribution in [0.2, 0.25) is 0 Å². The number of rotatable bonds is 7. The molecule has 3 heterocycles. The standard InChI is InChI=1S/C19H26N8O/c1-2-14-11-23-27-17(14)25-18(24-16-6-4-3-5-15(16)12-28)26-19(27)20-9-13-7-8-21-22-10-13/h7-8,10-11,15-16,28H,2-6,9,12H2,1H3,(H2,20,24,25,26). The van der Waals surface area contributed by atoms with E-state index < -0.39 is 0 Å². The van der Waals surface area contributed by atoms with Gasteiger partial charge in [0.2, 0.25) is 11.9 Å². The Balaban J connectivity index is 1.62. The van der Waals surface area contributed by atoms with Crippen LogP contribution in [0.25, 0.3) is 5.65 Å². The predicted molar refractivity (Wildman–Crippen MR) is 106 cm³/mol. The highest BCUT2D eigenvalue weighted by Gasteiger charge is 2.25. The monoisotopic (exact) mass is 382 g/mol. The molecule has 2 unspecified atom stereocenters. The van der Waals surface area contributed by atoms with E-state index in [9.17, 15) is 5.11 Å². The molecule has 0 radical (unpaired) electrons. The van der Waals surface area contributed by atoms with E-state index in [1.807, 2.05) is 12.3 Å². The highest BCUT2D eigenvalue weighted by Crippen LogP contribution is 2.27. The van der Waals surface area contributed by atoms with Crippen molar-refractivity contribution in [1.29, 1.82) is 0 Å². The molecule has 0 saturated heterocycles. The Morgan fingerprint density at radius 1 is 1.18 bits per heavy atom. The number of aliphatic hydroxyl groups excluding tert-OH is 1. The fourth-order valence-electron chi connectivity index (χ4n) is 3.74. The molecule has 3 N–H and O–H groups in total. The van der Waals surface area contributed by atoms with Gasteiger partial charge in [0, 0.05) is 36.9 Å². The van der Waals surface area contributed by atoms with Crippen molar-refractivity contribution in [3.05, 3.63) is 35.8 Å². The van der Waals surface area contributed by atoms with Crippen molar-refractivity contribution in [2.24, 2.45) is 5.92 Å². The summed E-state index contributed by atoms with van der Waals surface area (Å²) >= 11 is 0. The van der Waals surface area contributed by atoms with Crippen LogP contribution in [0.5, 0.6) is 0 Å². The first kappa shape index (κ1) is 18.5. The molecule has 9 nitrogen and oxygen atoms in total. The maximum atomic E-state index is 9.71.